The molecule has 0 bridgehead atoms. The number of fused-ring (bicyclic) bond motifs is 1. The van der Waals surface area contributed by atoms with Gasteiger partial charge in [-0.1, -0.05) is 6.07 Å². The van der Waals surface area contributed by atoms with Gasteiger partial charge in [-0.15, -0.1) is 0 Å². The summed E-state index contributed by atoms with van der Waals surface area (Å²) in [7, 11) is 0. The quantitative estimate of drug-likeness (QED) is 0.596. The Morgan fingerprint density at radius 2 is 1.87 bits per heavy atom. The van der Waals surface area contributed by atoms with Gasteiger partial charge >= 0.3 is 0 Å². The maximum absolute atomic E-state index is 4.29. The minimum atomic E-state index is 1.11. The molecule has 0 spiro atoms. The normalized spacial score (nSPS) is 10.7. The lowest BCUT2D eigenvalue weighted by molar-refractivity contribution is 0.961. The van der Waals surface area contributed by atoms with Crippen LogP contribution in [0.2, 0.25) is 0 Å². The van der Waals surface area contributed by atoms with E-state index in [1.54, 1.807) is 12.4 Å². The van der Waals surface area contributed by atoms with E-state index in [9.17, 15) is 0 Å². The zero-order chi connectivity index (χ0) is 10.1. The Morgan fingerprint density at radius 1 is 1.00 bits per heavy atom. The third kappa shape index (κ3) is 1.29. The standard InChI is InChI=1S/C12H9N3/c1-2-8-15-12(3-1)11(9-14-15)10-4-6-13-7-5-10/h1-9H. The molecular weight excluding hydrogens is 186 g/mol. The Balaban J connectivity index is 2.28. The van der Waals surface area contributed by atoms with Crippen LogP contribution in [0.3, 0.4) is 0 Å². The first-order chi connectivity index (χ1) is 7.45. The van der Waals surface area contributed by atoms with E-state index in [0.29, 0.717) is 0 Å². The third-order valence-corrected chi connectivity index (χ3v) is 2.42. The summed E-state index contributed by atoms with van der Waals surface area (Å²) in [6.45, 7) is 0. The van der Waals surface area contributed by atoms with E-state index in [0.717, 1.165) is 16.6 Å². The highest BCUT2D eigenvalue weighted by Crippen LogP contribution is 2.22. The molecule has 3 rings (SSSR count). The summed E-state index contributed by atoms with van der Waals surface area (Å²) >= 11 is 0. The molecule has 3 nitrogen and oxygen atoms in total. The highest BCUT2D eigenvalue weighted by molar-refractivity contribution is 5.79. The molecule has 0 atom stereocenters. The molecule has 0 unspecified atom stereocenters. The summed E-state index contributed by atoms with van der Waals surface area (Å²) in [5, 5.41) is 4.29. The van der Waals surface area contributed by atoms with Crippen LogP contribution in [0.1, 0.15) is 0 Å². The van der Waals surface area contributed by atoms with E-state index in [2.05, 4.69) is 16.1 Å². The van der Waals surface area contributed by atoms with Gasteiger partial charge in [-0.05, 0) is 29.8 Å². The average molecular weight is 195 g/mol. The Hall–Kier alpha value is -2.16. The van der Waals surface area contributed by atoms with Crippen molar-refractivity contribution in [3.05, 3.63) is 55.1 Å². The second-order valence-corrected chi connectivity index (χ2v) is 3.32. The number of hydrogen-bond acceptors (Lipinski definition) is 2. The number of rotatable bonds is 1. The molecule has 3 aromatic rings. The first kappa shape index (κ1) is 8.17. The van der Waals surface area contributed by atoms with Crippen LogP contribution in [0.5, 0.6) is 0 Å². The topological polar surface area (TPSA) is 30.2 Å². The predicted molar refractivity (Wildman–Crippen MR) is 58.4 cm³/mol. The molecule has 0 aliphatic carbocycles. The average Bonchev–Trinajstić information content (AvgIpc) is 2.74. The van der Waals surface area contributed by atoms with E-state index < -0.39 is 0 Å². The van der Waals surface area contributed by atoms with E-state index in [-0.39, 0.29) is 0 Å². The molecule has 15 heavy (non-hydrogen) atoms. The Bertz CT molecular complexity index is 584. The zero-order valence-corrected chi connectivity index (χ0v) is 8.04. The van der Waals surface area contributed by atoms with Gasteiger partial charge in [0.25, 0.3) is 0 Å². The fraction of sp³-hybridized carbons (Fsp3) is 0. The molecule has 0 saturated heterocycles. The van der Waals surface area contributed by atoms with Crippen LogP contribution >= 0.6 is 0 Å². The van der Waals surface area contributed by atoms with E-state index >= 15 is 0 Å². The van der Waals surface area contributed by atoms with Crippen LogP contribution in [0.25, 0.3) is 16.6 Å². The fourth-order valence-electron chi connectivity index (χ4n) is 1.69. The largest absolute Gasteiger partial charge is 0.265 e. The smallest absolute Gasteiger partial charge is 0.0740 e. The summed E-state index contributed by atoms with van der Waals surface area (Å²) in [6, 6.07) is 10.0. The maximum Gasteiger partial charge on any atom is 0.0740 e. The molecule has 0 N–H and O–H groups in total. The van der Waals surface area contributed by atoms with Gasteiger partial charge in [0.1, 0.15) is 0 Å². The van der Waals surface area contributed by atoms with E-state index in [1.807, 2.05) is 41.2 Å². The molecular formula is C12H9N3. The van der Waals surface area contributed by atoms with Crippen LogP contribution in [-0.2, 0) is 0 Å². The van der Waals surface area contributed by atoms with Crippen LogP contribution in [0.15, 0.2) is 55.1 Å². The highest BCUT2D eigenvalue weighted by atomic mass is 15.2. The maximum atomic E-state index is 4.29. The van der Waals surface area contributed by atoms with Gasteiger partial charge < -0.3 is 0 Å². The number of aromatic nitrogens is 3. The monoisotopic (exact) mass is 195 g/mol. The number of nitrogens with zero attached hydrogens (tertiary/aromatic N) is 3. The van der Waals surface area contributed by atoms with Gasteiger partial charge in [-0.25, -0.2) is 4.52 Å². The summed E-state index contributed by atoms with van der Waals surface area (Å²) in [5.74, 6) is 0. The molecule has 0 aliphatic rings. The fourth-order valence-corrected chi connectivity index (χ4v) is 1.69. The van der Waals surface area contributed by atoms with Crippen LogP contribution in [-0.4, -0.2) is 14.6 Å². The minimum Gasteiger partial charge on any atom is -0.265 e. The van der Waals surface area contributed by atoms with Gasteiger partial charge in [-0.2, -0.15) is 5.10 Å². The lowest BCUT2D eigenvalue weighted by Gasteiger charge is -1.97. The first-order valence-electron chi connectivity index (χ1n) is 4.78. The molecule has 0 fully saturated rings. The van der Waals surface area contributed by atoms with Gasteiger partial charge in [0.2, 0.25) is 0 Å². The Labute approximate surface area is 87.0 Å². The van der Waals surface area contributed by atoms with Crippen LogP contribution in [0.4, 0.5) is 0 Å². The van der Waals surface area contributed by atoms with Gasteiger partial charge in [0.15, 0.2) is 0 Å². The van der Waals surface area contributed by atoms with Crippen molar-refractivity contribution >= 4 is 5.52 Å². The molecule has 0 radical (unpaired) electrons. The molecule has 0 aliphatic heterocycles. The molecule has 0 saturated carbocycles. The van der Waals surface area contributed by atoms with Gasteiger partial charge in [0, 0.05) is 24.2 Å². The van der Waals surface area contributed by atoms with Crippen molar-refractivity contribution in [1.29, 1.82) is 0 Å². The summed E-state index contributed by atoms with van der Waals surface area (Å²) in [5.41, 5.74) is 3.40. The molecule has 0 aromatic carbocycles. The zero-order valence-electron chi connectivity index (χ0n) is 8.04. The van der Waals surface area contributed by atoms with Crippen molar-refractivity contribution in [2.75, 3.05) is 0 Å². The molecule has 3 aromatic heterocycles. The van der Waals surface area contributed by atoms with E-state index in [1.165, 1.54) is 0 Å². The molecule has 0 amide bonds. The Morgan fingerprint density at radius 3 is 2.73 bits per heavy atom. The van der Waals surface area contributed by atoms with Crippen LogP contribution in [0, 0.1) is 0 Å². The number of pyridine rings is 2. The van der Waals surface area contributed by atoms with Crippen molar-refractivity contribution in [3.8, 4) is 11.1 Å². The minimum absolute atomic E-state index is 1.11. The highest BCUT2D eigenvalue weighted by Gasteiger charge is 2.04. The van der Waals surface area contributed by atoms with Gasteiger partial charge in [0.05, 0.1) is 11.7 Å². The number of hydrogen-bond donors (Lipinski definition) is 0. The van der Waals surface area contributed by atoms with Crippen LogP contribution < -0.4 is 0 Å². The first-order valence-corrected chi connectivity index (χ1v) is 4.78. The molecule has 3 heterocycles. The summed E-state index contributed by atoms with van der Waals surface area (Å²) in [4.78, 5) is 4.01. The lowest BCUT2D eigenvalue weighted by atomic mass is 10.1. The Kier molecular flexibility index (Phi) is 1.75. The summed E-state index contributed by atoms with van der Waals surface area (Å²) in [6.07, 6.45) is 7.41. The SMILES string of the molecule is c1ccn2ncc(-c3ccncc3)c2c1. The van der Waals surface area contributed by atoms with Gasteiger partial charge in [-0.3, -0.25) is 4.98 Å². The second-order valence-electron chi connectivity index (χ2n) is 3.32. The van der Waals surface area contributed by atoms with Crippen molar-refractivity contribution in [3.63, 3.8) is 0 Å². The summed E-state index contributed by atoms with van der Waals surface area (Å²) < 4.78 is 1.87. The van der Waals surface area contributed by atoms with Crippen molar-refractivity contribution < 1.29 is 0 Å². The third-order valence-electron chi connectivity index (χ3n) is 2.42. The molecule has 72 valence electrons. The second kappa shape index (κ2) is 3.20. The predicted octanol–water partition coefficient (Wildman–Crippen LogP) is 2.40. The van der Waals surface area contributed by atoms with Crippen molar-refractivity contribution in [1.82, 2.24) is 14.6 Å². The van der Waals surface area contributed by atoms with E-state index in [4.69, 9.17) is 0 Å². The lowest BCUT2D eigenvalue weighted by Crippen LogP contribution is -1.83. The van der Waals surface area contributed by atoms with Crippen molar-refractivity contribution in [2.24, 2.45) is 0 Å². The molecule has 3 heteroatoms. The van der Waals surface area contributed by atoms with Crippen molar-refractivity contribution in [2.45, 2.75) is 0 Å².